The van der Waals surface area contributed by atoms with E-state index in [4.69, 9.17) is 4.74 Å². The number of para-hydroxylation sites is 1. The zero-order valence-electron chi connectivity index (χ0n) is 21.3. The normalized spacial score (nSPS) is 27.4. The maximum atomic E-state index is 14.3. The number of hydrogen-bond acceptors (Lipinski definition) is 4. The van der Waals surface area contributed by atoms with Crippen molar-refractivity contribution in [3.63, 3.8) is 0 Å². The summed E-state index contributed by atoms with van der Waals surface area (Å²) < 4.78 is 6.01. The van der Waals surface area contributed by atoms with E-state index in [9.17, 15) is 14.4 Å². The van der Waals surface area contributed by atoms with Crippen LogP contribution in [0.25, 0.3) is 0 Å². The van der Waals surface area contributed by atoms with E-state index >= 15 is 0 Å². The Balaban J connectivity index is 1.58. The van der Waals surface area contributed by atoms with Gasteiger partial charge in [0.2, 0.25) is 5.91 Å². The first-order valence-electron chi connectivity index (χ1n) is 12.6. The van der Waals surface area contributed by atoms with Gasteiger partial charge in [-0.15, -0.1) is 0 Å². The van der Waals surface area contributed by atoms with Crippen LogP contribution in [-0.2, 0) is 24.5 Å². The van der Waals surface area contributed by atoms with Crippen LogP contribution < -0.4 is 4.90 Å². The first-order valence-corrected chi connectivity index (χ1v) is 16.3. The average Bonchev–Trinajstić information content (AvgIpc) is 3.46. The number of carbonyl (C=O) groups excluding carboxylic acids is 3. The van der Waals surface area contributed by atoms with Crippen molar-refractivity contribution in [3.05, 3.63) is 53.3 Å². The van der Waals surface area contributed by atoms with E-state index in [1.165, 1.54) is 0 Å². The fourth-order valence-electron chi connectivity index (χ4n) is 5.83. The van der Waals surface area contributed by atoms with Crippen LogP contribution in [0.1, 0.15) is 32.3 Å². The molecule has 2 saturated heterocycles. The molecule has 5 rings (SSSR count). The first-order chi connectivity index (χ1) is 16.6. The van der Waals surface area contributed by atoms with Gasteiger partial charge in [0.15, 0.2) is 0 Å². The number of allylic oxidation sites excluding steroid dienone is 1. The highest BCUT2D eigenvalue weighted by atomic mass is 28.3. The molecule has 1 aromatic carbocycles. The standard InChI is InChI=1S/C27H35N3O4Si/c1-18(2)15-23-27(16-22-24(31)28-12-8-11-21(28)25(32)30(22)23)19-9-6-7-10-20(19)29(26(27)33)17-34-13-14-35(3,4)5/h6-7,9-10,15-16,21,23H,8,11-14,17H2,1-5H3/t21-,23+,27-/m0/s1. The van der Waals surface area contributed by atoms with Crippen molar-refractivity contribution < 1.29 is 19.1 Å². The summed E-state index contributed by atoms with van der Waals surface area (Å²) in [5.41, 5.74) is 1.79. The van der Waals surface area contributed by atoms with Crippen molar-refractivity contribution in [2.75, 3.05) is 24.8 Å². The Bertz CT molecular complexity index is 1150. The first kappa shape index (κ1) is 24.0. The van der Waals surface area contributed by atoms with Crippen molar-refractivity contribution in [2.24, 2.45) is 0 Å². The van der Waals surface area contributed by atoms with Crippen molar-refractivity contribution >= 4 is 31.5 Å². The van der Waals surface area contributed by atoms with E-state index in [0.29, 0.717) is 25.3 Å². The predicted octanol–water partition coefficient (Wildman–Crippen LogP) is 3.65. The molecule has 35 heavy (non-hydrogen) atoms. The third-order valence-corrected chi connectivity index (χ3v) is 9.28. The van der Waals surface area contributed by atoms with Gasteiger partial charge in [0.25, 0.3) is 11.8 Å². The Kier molecular flexibility index (Phi) is 5.79. The molecule has 0 N–H and O–H groups in total. The summed E-state index contributed by atoms with van der Waals surface area (Å²) in [7, 11) is -1.26. The molecule has 0 bridgehead atoms. The molecule has 0 saturated carbocycles. The molecule has 4 aliphatic heterocycles. The maximum Gasteiger partial charge on any atom is 0.270 e. The lowest BCUT2D eigenvalue weighted by Gasteiger charge is -2.40. The van der Waals surface area contributed by atoms with Crippen LogP contribution in [0.2, 0.25) is 25.7 Å². The van der Waals surface area contributed by atoms with Crippen LogP contribution in [-0.4, -0.2) is 67.6 Å². The highest BCUT2D eigenvalue weighted by Gasteiger charge is 2.63. The molecule has 0 radical (unpaired) electrons. The van der Waals surface area contributed by atoms with Gasteiger partial charge >= 0.3 is 0 Å². The van der Waals surface area contributed by atoms with Gasteiger partial charge in [0, 0.05) is 21.2 Å². The summed E-state index contributed by atoms with van der Waals surface area (Å²) in [6, 6.07) is 7.71. The van der Waals surface area contributed by atoms with Gasteiger partial charge < -0.3 is 9.64 Å². The molecule has 0 aromatic heterocycles. The fraction of sp³-hybridized carbons (Fsp3) is 0.519. The summed E-state index contributed by atoms with van der Waals surface area (Å²) in [5.74, 6) is -0.369. The Hall–Kier alpha value is -2.71. The van der Waals surface area contributed by atoms with Gasteiger partial charge in [-0.3, -0.25) is 24.2 Å². The SMILES string of the molecule is CC(C)=C[C@H]1N2C(=O)[C@@H]3CCCN3C(=O)C2=C[C@@]12C(=O)N(COCC[Si](C)(C)C)c1ccccc12. The quantitative estimate of drug-likeness (QED) is 0.345. The molecule has 8 heteroatoms. The molecule has 3 atom stereocenters. The second-order valence-electron chi connectivity index (χ2n) is 11.6. The van der Waals surface area contributed by atoms with E-state index in [-0.39, 0.29) is 24.5 Å². The summed E-state index contributed by atoms with van der Waals surface area (Å²) in [4.78, 5) is 46.5. The molecule has 1 spiro atoms. The minimum atomic E-state index is -1.26. The van der Waals surface area contributed by atoms with Gasteiger partial charge in [0.1, 0.15) is 23.9 Å². The molecule has 3 amide bonds. The molecule has 0 unspecified atom stereocenters. The molecule has 0 aliphatic carbocycles. The van der Waals surface area contributed by atoms with Crippen LogP contribution in [0, 0.1) is 0 Å². The van der Waals surface area contributed by atoms with Crippen LogP contribution in [0.15, 0.2) is 47.7 Å². The van der Waals surface area contributed by atoms with Crippen LogP contribution >= 0.6 is 0 Å². The predicted molar refractivity (Wildman–Crippen MR) is 137 cm³/mol. The van der Waals surface area contributed by atoms with Crippen LogP contribution in [0.3, 0.4) is 0 Å². The molecule has 4 aliphatic rings. The smallest absolute Gasteiger partial charge is 0.270 e. The van der Waals surface area contributed by atoms with Gasteiger partial charge in [0.05, 0.1) is 11.7 Å². The van der Waals surface area contributed by atoms with Gasteiger partial charge in [-0.25, -0.2) is 0 Å². The zero-order chi connectivity index (χ0) is 25.1. The molecular formula is C27H35N3O4Si. The highest BCUT2D eigenvalue weighted by Crippen LogP contribution is 2.53. The topological polar surface area (TPSA) is 70.2 Å². The van der Waals surface area contributed by atoms with E-state index in [1.54, 1.807) is 20.8 Å². The van der Waals surface area contributed by atoms with Gasteiger partial charge in [-0.05, 0) is 50.4 Å². The van der Waals surface area contributed by atoms with Gasteiger partial charge in [-0.2, -0.15) is 0 Å². The monoisotopic (exact) mass is 493 g/mol. The number of hydrogen-bond donors (Lipinski definition) is 0. The lowest BCUT2D eigenvalue weighted by Crippen LogP contribution is -2.59. The summed E-state index contributed by atoms with van der Waals surface area (Å²) in [6.07, 6.45) is 5.25. The van der Waals surface area contributed by atoms with Crippen molar-refractivity contribution in [2.45, 2.75) is 69.9 Å². The summed E-state index contributed by atoms with van der Waals surface area (Å²) in [6.45, 7) is 12.2. The minimum absolute atomic E-state index is 0.0807. The number of piperazine rings is 1. The van der Waals surface area contributed by atoms with E-state index in [0.717, 1.165) is 29.3 Å². The molecule has 4 heterocycles. The van der Waals surface area contributed by atoms with Gasteiger partial charge in [-0.1, -0.05) is 49.5 Å². The largest absolute Gasteiger partial charge is 0.361 e. The van der Waals surface area contributed by atoms with Crippen molar-refractivity contribution in [1.82, 2.24) is 9.80 Å². The van der Waals surface area contributed by atoms with Crippen LogP contribution in [0.4, 0.5) is 5.69 Å². The summed E-state index contributed by atoms with van der Waals surface area (Å²) >= 11 is 0. The average molecular weight is 494 g/mol. The number of carbonyl (C=O) groups is 3. The Morgan fingerprint density at radius 1 is 1.17 bits per heavy atom. The van der Waals surface area contributed by atoms with E-state index in [1.807, 2.05) is 44.2 Å². The third-order valence-electron chi connectivity index (χ3n) is 7.57. The molecule has 186 valence electrons. The molecule has 7 nitrogen and oxygen atoms in total. The molecule has 2 fully saturated rings. The number of ether oxygens (including phenoxy) is 1. The Morgan fingerprint density at radius 3 is 2.63 bits per heavy atom. The number of fused-ring (bicyclic) bond motifs is 4. The Morgan fingerprint density at radius 2 is 1.91 bits per heavy atom. The number of rotatable bonds is 6. The van der Waals surface area contributed by atoms with Crippen molar-refractivity contribution in [1.29, 1.82) is 0 Å². The summed E-state index contributed by atoms with van der Waals surface area (Å²) in [5, 5.41) is 0. The van der Waals surface area contributed by atoms with Crippen LogP contribution in [0.5, 0.6) is 0 Å². The lowest BCUT2D eigenvalue weighted by atomic mass is 9.75. The third kappa shape index (κ3) is 3.69. The fourth-order valence-corrected chi connectivity index (χ4v) is 6.59. The number of amides is 3. The molecule has 1 aromatic rings. The maximum absolute atomic E-state index is 14.3. The Labute approximate surface area is 208 Å². The highest BCUT2D eigenvalue weighted by molar-refractivity contribution is 6.76. The van der Waals surface area contributed by atoms with E-state index in [2.05, 4.69) is 19.6 Å². The second-order valence-corrected chi connectivity index (χ2v) is 17.2. The molecular weight excluding hydrogens is 458 g/mol. The lowest BCUT2D eigenvalue weighted by molar-refractivity contribution is -0.149. The van der Waals surface area contributed by atoms with Crippen molar-refractivity contribution in [3.8, 4) is 0 Å². The zero-order valence-corrected chi connectivity index (χ0v) is 22.3. The minimum Gasteiger partial charge on any atom is -0.361 e. The number of nitrogens with zero attached hydrogens (tertiary/aromatic N) is 3. The second kappa shape index (κ2) is 8.45. The number of anilines is 1. The van der Waals surface area contributed by atoms with E-state index < -0.39 is 25.6 Å². The number of benzene rings is 1.